The van der Waals surface area contributed by atoms with Crippen LogP contribution in [-0.4, -0.2) is 48.2 Å². The number of piperidine rings is 1. The van der Waals surface area contributed by atoms with E-state index in [-0.39, 0.29) is 5.56 Å². The summed E-state index contributed by atoms with van der Waals surface area (Å²) in [5.74, 6) is 2.66. The van der Waals surface area contributed by atoms with E-state index >= 15 is 0 Å². The van der Waals surface area contributed by atoms with Crippen molar-refractivity contribution in [3.8, 4) is 11.1 Å². The number of hydrogen-bond donors (Lipinski definition) is 0. The Bertz CT molecular complexity index is 869. The number of anilines is 1. The zero-order chi connectivity index (χ0) is 19.1. The quantitative estimate of drug-likeness (QED) is 0.834. The molecule has 144 valence electrons. The van der Waals surface area contributed by atoms with Gasteiger partial charge in [-0.2, -0.15) is 0 Å². The molecule has 0 N–H and O–H groups in total. The van der Waals surface area contributed by atoms with Crippen molar-refractivity contribution in [2.24, 2.45) is 11.8 Å². The summed E-state index contributed by atoms with van der Waals surface area (Å²) in [5.41, 5.74) is 3.34. The second-order valence-electron chi connectivity index (χ2n) is 8.83. The van der Waals surface area contributed by atoms with Gasteiger partial charge < -0.3 is 14.4 Å². The van der Waals surface area contributed by atoms with Gasteiger partial charge in [-0.15, -0.1) is 0 Å². The minimum Gasteiger partial charge on any atom is -0.363 e. The molecule has 4 heterocycles. The highest BCUT2D eigenvalue weighted by molar-refractivity contribution is 5.64. The van der Waals surface area contributed by atoms with Gasteiger partial charge in [-0.3, -0.25) is 4.79 Å². The van der Waals surface area contributed by atoms with E-state index in [0.29, 0.717) is 17.8 Å². The second-order valence-corrected chi connectivity index (χ2v) is 8.83. The Labute approximate surface area is 161 Å². The van der Waals surface area contributed by atoms with Crippen molar-refractivity contribution in [3.05, 3.63) is 46.5 Å². The molecule has 0 aromatic carbocycles. The van der Waals surface area contributed by atoms with Crippen LogP contribution >= 0.6 is 0 Å². The molecule has 5 nitrogen and oxygen atoms in total. The molecule has 0 amide bonds. The van der Waals surface area contributed by atoms with Crippen LogP contribution in [0.3, 0.4) is 0 Å². The summed E-state index contributed by atoms with van der Waals surface area (Å²) >= 11 is 0. The van der Waals surface area contributed by atoms with Crippen molar-refractivity contribution >= 4 is 5.82 Å². The van der Waals surface area contributed by atoms with Crippen LogP contribution in [0.5, 0.6) is 0 Å². The summed E-state index contributed by atoms with van der Waals surface area (Å²) < 4.78 is 2.02. The Balaban J connectivity index is 1.67. The fourth-order valence-electron chi connectivity index (χ4n) is 4.71. The molecule has 2 aliphatic rings. The summed E-state index contributed by atoms with van der Waals surface area (Å²) in [6.07, 6.45) is 3.08. The van der Waals surface area contributed by atoms with Gasteiger partial charge in [0.25, 0.3) is 5.56 Å². The van der Waals surface area contributed by atoms with E-state index in [0.717, 1.165) is 43.1 Å². The van der Waals surface area contributed by atoms with Crippen molar-refractivity contribution in [2.75, 3.05) is 38.6 Å². The Morgan fingerprint density at radius 1 is 1.15 bits per heavy atom. The zero-order valence-corrected chi connectivity index (χ0v) is 16.9. The number of likely N-dealkylation sites (tertiary alicyclic amines) is 1. The standard InChI is InChI=1S/C22H30N4O/c1-15(2)11-25-12-16-7-19(14-25)20-8-18(9-22(27)26(20)13-16)17-5-6-21(23-10-17)24(3)4/h5-6,8-10,15-16,19H,7,11-14H2,1-4H3/t16-,19+/m0/s1. The van der Waals surface area contributed by atoms with Crippen molar-refractivity contribution < 1.29 is 0 Å². The fourth-order valence-corrected chi connectivity index (χ4v) is 4.71. The third-order valence-electron chi connectivity index (χ3n) is 5.79. The summed E-state index contributed by atoms with van der Waals surface area (Å²) in [5, 5.41) is 0. The van der Waals surface area contributed by atoms with Crippen LogP contribution in [0.2, 0.25) is 0 Å². The number of pyridine rings is 2. The fraction of sp³-hybridized carbons (Fsp3) is 0.545. The molecule has 0 spiro atoms. The van der Waals surface area contributed by atoms with Crippen LogP contribution in [0.25, 0.3) is 11.1 Å². The lowest BCUT2D eigenvalue weighted by atomic mass is 9.82. The van der Waals surface area contributed by atoms with E-state index in [9.17, 15) is 4.79 Å². The van der Waals surface area contributed by atoms with Crippen LogP contribution in [0.15, 0.2) is 35.3 Å². The minimum atomic E-state index is 0.131. The predicted octanol–water partition coefficient (Wildman–Crippen LogP) is 3.05. The molecule has 5 heteroatoms. The molecule has 2 aromatic rings. The van der Waals surface area contributed by atoms with E-state index in [1.165, 1.54) is 12.1 Å². The third-order valence-corrected chi connectivity index (χ3v) is 5.79. The molecule has 2 aromatic heterocycles. The lowest BCUT2D eigenvalue weighted by Crippen LogP contribution is -2.48. The molecule has 2 atom stereocenters. The summed E-state index contributed by atoms with van der Waals surface area (Å²) in [6, 6.07) is 8.08. The smallest absolute Gasteiger partial charge is 0.251 e. The maximum Gasteiger partial charge on any atom is 0.251 e. The molecule has 0 radical (unpaired) electrons. The Hall–Kier alpha value is -2.14. The molecule has 4 rings (SSSR count). The lowest BCUT2D eigenvalue weighted by molar-refractivity contribution is 0.109. The van der Waals surface area contributed by atoms with Gasteiger partial charge in [0.15, 0.2) is 0 Å². The molecule has 2 aliphatic heterocycles. The number of hydrogen-bond acceptors (Lipinski definition) is 4. The minimum absolute atomic E-state index is 0.131. The van der Waals surface area contributed by atoms with Crippen molar-refractivity contribution in [2.45, 2.75) is 32.7 Å². The highest BCUT2D eigenvalue weighted by Crippen LogP contribution is 2.36. The van der Waals surface area contributed by atoms with Crippen LogP contribution in [0.1, 0.15) is 31.9 Å². The predicted molar refractivity (Wildman–Crippen MR) is 110 cm³/mol. The van der Waals surface area contributed by atoms with Crippen molar-refractivity contribution in [1.82, 2.24) is 14.5 Å². The molecule has 0 unspecified atom stereocenters. The SMILES string of the molecule is CC(C)CN1C[C@@H]2C[C@H](C1)c1cc(-c3ccc(N(C)C)nc3)cc(=O)n1C2. The van der Waals surface area contributed by atoms with E-state index in [1.807, 2.05) is 35.8 Å². The first-order valence-corrected chi connectivity index (χ1v) is 10.0. The van der Waals surface area contributed by atoms with E-state index in [1.54, 1.807) is 6.07 Å². The number of fused-ring (bicyclic) bond motifs is 4. The monoisotopic (exact) mass is 366 g/mol. The summed E-state index contributed by atoms with van der Waals surface area (Å²) in [7, 11) is 3.96. The topological polar surface area (TPSA) is 41.4 Å². The van der Waals surface area contributed by atoms with Gasteiger partial charge >= 0.3 is 0 Å². The van der Waals surface area contributed by atoms with E-state index < -0.39 is 0 Å². The Morgan fingerprint density at radius 2 is 1.96 bits per heavy atom. The van der Waals surface area contributed by atoms with E-state index in [4.69, 9.17) is 0 Å². The normalized spacial score (nSPS) is 22.0. The summed E-state index contributed by atoms with van der Waals surface area (Å²) in [6.45, 7) is 8.76. The van der Waals surface area contributed by atoms with Crippen LogP contribution in [0.4, 0.5) is 5.82 Å². The molecule has 27 heavy (non-hydrogen) atoms. The molecule has 2 bridgehead atoms. The van der Waals surface area contributed by atoms with Gasteiger partial charge in [-0.25, -0.2) is 4.98 Å². The molecular formula is C22H30N4O. The van der Waals surface area contributed by atoms with Crippen LogP contribution in [-0.2, 0) is 6.54 Å². The Kier molecular flexibility index (Phi) is 4.81. The van der Waals surface area contributed by atoms with Gasteiger partial charge in [-0.05, 0) is 42.0 Å². The highest BCUT2D eigenvalue weighted by Gasteiger charge is 2.34. The van der Waals surface area contributed by atoms with Crippen LogP contribution < -0.4 is 10.5 Å². The van der Waals surface area contributed by atoms with Gasteiger partial charge in [-0.1, -0.05) is 13.8 Å². The molecular weight excluding hydrogens is 336 g/mol. The first kappa shape index (κ1) is 18.2. The number of aromatic nitrogens is 2. The Morgan fingerprint density at radius 3 is 2.63 bits per heavy atom. The number of nitrogens with zero attached hydrogens (tertiary/aromatic N) is 4. The molecule has 1 fully saturated rings. The number of rotatable bonds is 4. The van der Waals surface area contributed by atoms with Gasteiger partial charge in [0.2, 0.25) is 0 Å². The highest BCUT2D eigenvalue weighted by atomic mass is 16.1. The second kappa shape index (κ2) is 7.12. The van der Waals surface area contributed by atoms with Crippen LogP contribution in [0, 0.1) is 11.8 Å². The molecule has 1 saturated heterocycles. The summed E-state index contributed by atoms with van der Waals surface area (Å²) in [4.78, 5) is 21.9. The third kappa shape index (κ3) is 3.65. The largest absolute Gasteiger partial charge is 0.363 e. The molecule has 0 saturated carbocycles. The van der Waals surface area contributed by atoms with Crippen molar-refractivity contribution in [3.63, 3.8) is 0 Å². The van der Waals surface area contributed by atoms with Gasteiger partial charge in [0.1, 0.15) is 5.82 Å². The molecule has 0 aliphatic carbocycles. The van der Waals surface area contributed by atoms with Gasteiger partial charge in [0, 0.05) is 69.7 Å². The first-order chi connectivity index (χ1) is 12.9. The zero-order valence-electron chi connectivity index (χ0n) is 16.9. The van der Waals surface area contributed by atoms with Gasteiger partial charge in [0.05, 0.1) is 0 Å². The van der Waals surface area contributed by atoms with Crippen molar-refractivity contribution in [1.29, 1.82) is 0 Å². The van der Waals surface area contributed by atoms with E-state index in [2.05, 4.69) is 35.9 Å². The average Bonchev–Trinajstić information content (AvgIpc) is 2.62. The maximum absolute atomic E-state index is 12.8. The lowest BCUT2D eigenvalue weighted by Gasteiger charge is -2.43. The first-order valence-electron chi connectivity index (χ1n) is 10.0. The average molecular weight is 367 g/mol. The maximum atomic E-state index is 12.8.